The number of anilines is 2. The van der Waals surface area contributed by atoms with E-state index in [1.165, 1.54) is 18.5 Å². The fourth-order valence-corrected chi connectivity index (χ4v) is 3.46. The molecule has 1 N–H and O–H groups in total. The molecule has 1 aromatic rings. The van der Waals surface area contributed by atoms with Gasteiger partial charge in [0.15, 0.2) is 0 Å². The van der Waals surface area contributed by atoms with Crippen LogP contribution in [0.3, 0.4) is 0 Å². The highest BCUT2D eigenvalue weighted by Crippen LogP contribution is 2.48. The molecule has 130 valence electrons. The molecular formula is C19H27N3O2. The van der Waals surface area contributed by atoms with Gasteiger partial charge in [-0.05, 0) is 63.8 Å². The van der Waals surface area contributed by atoms with Crippen LogP contribution < -0.4 is 10.2 Å². The maximum Gasteiger partial charge on any atom is 0.240 e. The van der Waals surface area contributed by atoms with E-state index in [1.807, 2.05) is 38.1 Å². The first kappa shape index (κ1) is 16.8. The lowest BCUT2D eigenvalue weighted by Crippen LogP contribution is -2.42. The molecule has 1 aliphatic carbocycles. The number of carbonyl (C=O) groups excluding carboxylic acids is 2. The zero-order valence-corrected chi connectivity index (χ0v) is 14.7. The van der Waals surface area contributed by atoms with Crippen LogP contribution in [-0.4, -0.2) is 42.9 Å². The number of carbonyl (C=O) groups is 2. The summed E-state index contributed by atoms with van der Waals surface area (Å²) in [6.45, 7) is 7.41. The van der Waals surface area contributed by atoms with E-state index >= 15 is 0 Å². The van der Waals surface area contributed by atoms with Crippen LogP contribution in [0.5, 0.6) is 0 Å². The monoisotopic (exact) mass is 329 g/mol. The Morgan fingerprint density at radius 1 is 1.08 bits per heavy atom. The number of nitrogens with zero attached hydrogens (tertiary/aromatic N) is 2. The van der Waals surface area contributed by atoms with Gasteiger partial charge in [0, 0.05) is 37.6 Å². The first-order valence-corrected chi connectivity index (χ1v) is 9.06. The summed E-state index contributed by atoms with van der Waals surface area (Å²) >= 11 is 0. The zero-order valence-electron chi connectivity index (χ0n) is 14.7. The Kier molecular flexibility index (Phi) is 4.78. The Labute approximate surface area is 144 Å². The maximum absolute atomic E-state index is 12.6. The molecule has 0 radical (unpaired) electrons. The van der Waals surface area contributed by atoms with Gasteiger partial charge in [-0.1, -0.05) is 0 Å². The largest absolute Gasteiger partial charge is 0.372 e. The lowest BCUT2D eigenvalue weighted by Gasteiger charge is -2.24. The molecule has 5 nitrogen and oxygen atoms in total. The third kappa shape index (κ3) is 3.12. The molecule has 0 atom stereocenters. The van der Waals surface area contributed by atoms with Crippen LogP contribution in [0.4, 0.5) is 11.4 Å². The van der Waals surface area contributed by atoms with Crippen LogP contribution in [-0.2, 0) is 9.59 Å². The fourth-order valence-electron chi connectivity index (χ4n) is 3.46. The molecule has 2 amide bonds. The third-order valence-corrected chi connectivity index (χ3v) is 5.24. The summed E-state index contributed by atoms with van der Waals surface area (Å²) in [5.74, 6) is -0.188. The van der Waals surface area contributed by atoms with Gasteiger partial charge in [-0.15, -0.1) is 0 Å². The van der Waals surface area contributed by atoms with Crippen molar-refractivity contribution in [1.82, 2.24) is 4.90 Å². The SMILES string of the molecule is CCN(CC)C(=O)C1(C(=O)Nc2ccc(N3CCCC3)cc2)CC1. The maximum atomic E-state index is 12.6. The second-order valence-corrected chi connectivity index (χ2v) is 6.75. The van der Waals surface area contributed by atoms with Crippen LogP contribution in [0, 0.1) is 5.41 Å². The average Bonchev–Trinajstić information content (AvgIpc) is 3.24. The molecule has 0 aromatic heterocycles. The van der Waals surface area contributed by atoms with Gasteiger partial charge < -0.3 is 15.1 Å². The predicted octanol–water partition coefficient (Wildman–Crippen LogP) is 2.87. The fraction of sp³-hybridized carbons (Fsp3) is 0.579. The second-order valence-electron chi connectivity index (χ2n) is 6.75. The van der Waals surface area contributed by atoms with Crippen molar-refractivity contribution in [3.05, 3.63) is 24.3 Å². The number of nitrogens with one attached hydrogen (secondary N) is 1. The molecule has 0 bridgehead atoms. The molecule has 2 fully saturated rings. The topological polar surface area (TPSA) is 52.7 Å². The molecule has 1 saturated carbocycles. The first-order chi connectivity index (χ1) is 11.6. The van der Waals surface area contributed by atoms with Gasteiger partial charge in [-0.25, -0.2) is 0 Å². The zero-order chi connectivity index (χ0) is 17.2. The molecule has 0 unspecified atom stereocenters. The smallest absolute Gasteiger partial charge is 0.240 e. The van der Waals surface area contributed by atoms with E-state index in [1.54, 1.807) is 4.90 Å². The van der Waals surface area contributed by atoms with Gasteiger partial charge in [0.2, 0.25) is 11.8 Å². The minimum absolute atomic E-state index is 0.0290. The summed E-state index contributed by atoms with van der Waals surface area (Å²) in [7, 11) is 0. The molecule has 1 aromatic carbocycles. The van der Waals surface area contributed by atoms with E-state index < -0.39 is 5.41 Å². The van der Waals surface area contributed by atoms with Crippen LogP contribution in [0.1, 0.15) is 39.5 Å². The molecule has 1 saturated heterocycles. The van der Waals surface area contributed by atoms with Crippen molar-refractivity contribution in [2.45, 2.75) is 39.5 Å². The summed E-state index contributed by atoms with van der Waals surface area (Å²) in [6, 6.07) is 7.96. The van der Waals surface area contributed by atoms with Crippen LogP contribution in [0.25, 0.3) is 0 Å². The van der Waals surface area contributed by atoms with E-state index in [2.05, 4.69) is 10.2 Å². The molecule has 1 aliphatic heterocycles. The van der Waals surface area contributed by atoms with Crippen LogP contribution in [0.2, 0.25) is 0 Å². The van der Waals surface area contributed by atoms with Gasteiger partial charge in [0.05, 0.1) is 0 Å². The Morgan fingerprint density at radius 3 is 2.17 bits per heavy atom. The molecule has 3 rings (SSSR count). The van der Waals surface area contributed by atoms with Gasteiger partial charge in [-0.3, -0.25) is 9.59 Å². The molecule has 24 heavy (non-hydrogen) atoms. The van der Waals surface area contributed by atoms with Crippen molar-refractivity contribution < 1.29 is 9.59 Å². The third-order valence-electron chi connectivity index (χ3n) is 5.24. The van der Waals surface area contributed by atoms with Gasteiger partial charge >= 0.3 is 0 Å². The summed E-state index contributed by atoms with van der Waals surface area (Å²) < 4.78 is 0. The molecule has 2 aliphatic rings. The van der Waals surface area contributed by atoms with Crippen LogP contribution >= 0.6 is 0 Å². The predicted molar refractivity (Wildman–Crippen MR) is 96.1 cm³/mol. The lowest BCUT2D eigenvalue weighted by molar-refractivity contribution is -0.141. The number of hydrogen-bond donors (Lipinski definition) is 1. The van der Waals surface area contributed by atoms with Crippen molar-refractivity contribution in [1.29, 1.82) is 0 Å². The Hall–Kier alpha value is -2.04. The van der Waals surface area contributed by atoms with Crippen LogP contribution in [0.15, 0.2) is 24.3 Å². The second kappa shape index (κ2) is 6.83. The lowest BCUT2D eigenvalue weighted by atomic mass is 10.0. The quantitative estimate of drug-likeness (QED) is 0.817. The van der Waals surface area contributed by atoms with E-state index in [-0.39, 0.29) is 11.8 Å². The van der Waals surface area contributed by atoms with E-state index in [0.717, 1.165) is 18.8 Å². The summed E-state index contributed by atoms with van der Waals surface area (Å²) in [5, 5.41) is 2.94. The molecule has 0 spiro atoms. The molecule has 1 heterocycles. The van der Waals surface area contributed by atoms with Gasteiger partial charge in [0.25, 0.3) is 0 Å². The molecule has 5 heteroatoms. The van der Waals surface area contributed by atoms with Crippen molar-refractivity contribution in [2.24, 2.45) is 5.41 Å². The summed E-state index contributed by atoms with van der Waals surface area (Å²) in [6.07, 6.45) is 3.79. The minimum atomic E-state index is -0.834. The normalized spacial score (nSPS) is 18.3. The highest BCUT2D eigenvalue weighted by molar-refractivity contribution is 6.13. The summed E-state index contributed by atoms with van der Waals surface area (Å²) in [4.78, 5) is 29.4. The first-order valence-electron chi connectivity index (χ1n) is 9.06. The number of hydrogen-bond acceptors (Lipinski definition) is 3. The summed E-state index contributed by atoms with van der Waals surface area (Å²) in [5.41, 5.74) is 1.13. The van der Waals surface area contributed by atoms with Crippen molar-refractivity contribution in [3.63, 3.8) is 0 Å². The highest BCUT2D eigenvalue weighted by atomic mass is 16.2. The van der Waals surface area contributed by atoms with E-state index in [9.17, 15) is 9.59 Å². The number of benzene rings is 1. The van der Waals surface area contributed by atoms with Crippen molar-refractivity contribution in [2.75, 3.05) is 36.4 Å². The van der Waals surface area contributed by atoms with Crippen molar-refractivity contribution >= 4 is 23.2 Å². The van der Waals surface area contributed by atoms with Gasteiger partial charge in [0.1, 0.15) is 5.41 Å². The number of amides is 2. The standard InChI is InChI=1S/C19H27N3O2/c1-3-21(4-2)18(24)19(11-12-19)17(23)20-15-7-9-16(10-8-15)22-13-5-6-14-22/h7-10H,3-6,11-14H2,1-2H3,(H,20,23). The minimum Gasteiger partial charge on any atom is -0.372 e. The molecular weight excluding hydrogens is 302 g/mol. The highest BCUT2D eigenvalue weighted by Gasteiger charge is 2.57. The van der Waals surface area contributed by atoms with Crippen molar-refractivity contribution in [3.8, 4) is 0 Å². The number of rotatable bonds is 6. The van der Waals surface area contributed by atoms with Gasteiger partial charge in [-0.2, -0.15) is 0 Å². The average molecular weight is 329 g/mol. The Balaban J connectivity index is 1.65. The van der Waals surface area contributed by atoms with E-state index in [0.29, 0.717) is 25.9 Å². The Morgan fingerprint density at radius 2 is 1.67 bits per heavy atom. The Bertz CT molecular complexity index is 598. The van der Waals surface area contributed by atoms with E-state index in [4.69, 9.17) is 0 Å².